The van der Waals surface area contributed by atoms with Crippen molar-refractivity contribution >= 4 is 44.0 Å². The SMILES string of the molecule is O=C(NCc1ccco1)N1CCCN(C(=O)c2cc3sccc3s2)CC1. The number of carbonyl (C=O) groups is 2. The minimum Gasteiger partial charge on any atom is -0.467 e. The average molecular weight is 390 g/mol. The summed E-state index contributed by atoms with van der Waals surface area (Å²) < 4.78 is 7.55. The van der Waals surface area contributed by atoms with Gasteiger partial charge in [-0.2, -0.15) is 0 Å². The topological polar surface area (TPSA) is 65.8 Å². The highest BCUT2D eigenvalue weighted by atomic mass is 32.1. The third-order valence-electron chi connectivity index (χ3n) is 4.41. The molecule has 1 N–H and O–H groups in total. The van der Waals surface area contributed by atoms with Gasteiger partial charge in [0.1, 0.15) is 5.76 Å². The molecule has 136 valence electrons. The van der Waals surface area contributed by atoms with Crippen molar-refractivity contribution in [2.24, 2.45) is 0 Å². The van der Waals surface area contributed by atoms with Crippen LogP contribution in [-0.2, 0) is 6.54 Å². The van der Waals surface area contributed by atoms with E-state index in [1.54, 1.807) is 39.9 Å². The first-order valence-electron chi connectivity index (χ1n) is 8.52. The number of thiophene rings is 2. The minimum atomic E-state index is -0.118. The fraction of sp³-hybridized carbons (Fsp3) is 0.333. The second-order valence-corrected chi connectivity index (χ2v) is 8.16. The highest BCUT2D eigenvalue weighted by molar-refractivity contribution is 7.27. The molecule has 1 aliphatic rings. The molecule has 0 radical (unpaired) electrons. The van der Waals surface area contributed by atoms with Crippen molar-refractivity contribution in [1.82, 2.24) is 15.1 Å². The van der Waals surface area contributed by atoms with Gasteiger partial charge in [-0.3, -0.25) is 4.79 Å². The summed E-state index contributed by atoms with van der Waals surface area (Å²) in [5.74, 6) is 0.791. The molecule has 3 aromatic rings. The van der Waals surface area contributed by atoms with Crippen molar-refractivity contribution in [3.05, 3.63) is 46.5 Å². The Morgan fingerprint density at radius 1 is 1.12 bits per heavy atom. The van der Waals surface area contributed by atoms with Gasteiger partial charge in [-0.1, -0.05) is 0 Å². The van der Waals surface area contributed by atoms with Gasteiger partial charge in [-0.25, -0.2) is 4.79 Å². The summed E-state index contributed by atoms with van der Waals surface area (Å²) in [6.07, 6.45) is 2.37. The number of carbonyl (C=O) groups excluding carboxylic acids is 2. The maximum atomic E-state index is 12.8. The van der Waals surface area contributed by atoms with E-state index in [0.717, 1.165) is 26.5 Å². The third kappa shape index (κ3) is 3.61. The molecule has 0 saturated carbocycles. The Balaban J connectivity index is 1.34. The van der Waals surface area contributed by atoms with E-state index in [1.807, 2.05) is 22.4 Å². The van der Waals surface area contributed by atoms with Crippen LogP contribution in [0.3, 0.4) is 0 Å². The maximum Gasteiger partial charge on any atom is 0.317 e. The van der Waals surface area contributed by atoms with Crippen LogP contribution in [0.1, 0.15) is 21.9 Å². The van der Waals surface area contributed by atoms with Gasteiger partial charge in [-0.15, -0.1) is 22.7 Å². The van der Waals surface area contributed by atoms with Crippen LogP contribution in [0.5, 0.6) is 0 Å². The molecule has 1 saturated heterocycles. The highest BCUT2D eigenvalue weighted by Crippen LogP contribution is 2.30. The number of amides is 3. The molecule has 3 aromatic heterocycles. The second-order valence-electron chi connectivity index (χ2n) is 6.13. The first kappa shape index (κ1) is 17.1. The largest absolute Gasteiger partial charge is 0.467 e. The number of nitrogens with zero attached hydrogens (tertiary/aromatic N) is 2. The zero-order chi connectivity index (χ0) is 17.9. The van der Waals surface area contributed by atoms with Crippen molar-refractivity contribution < 1.29 is 14.0 Å². The number of furan rings is 1. The standard InChI is InChI=1S/C18H19N3O3S2/c22-17(16-11-15-14(26-16)4-10-25-15)20-5-2-6-21(8-7-20)18(23)19-12-13-3-1-9-24-13/h1,3-4,9-11H,2,5-8,12H2,(H,19,23). The Labute approximate surface area is 159 Å². The summed E-state index contributed by atoms with van der Waals surface area (Å²) in [5.41, 5.74) is 0. The molecular formula is C18H19N3O3S2. The van der Waals surface area contributed by atoms with E-state index in [4.69, 9.17) is 4.42 Å². The van der Waals surface area contributed by atoms with Crippen molar-refractivity contribution in [1.29, 1.82) is 0 Å². The predicted molar refractivity (Wildman–Crippen MR) is 103 cm³/mol. The van der Waals surface area contributed by atoms with Crippen LogP contribution >= 0.6 is 22.7 Å². The summed E-state index contributed by atoms with van der Waals surface area (Å²) >= 11 is 3.20. The Morgan fingerprint density at radius 3 is 2.77 bits per heavy atom. The van der Waals surface area contributed by atoms with E-state index < -0.39 is 0 Å². The first-order chi connectivity index (χ1) is 12.7. The quantitative estimate of drug-likeness (QED) is 0.744. The van der Waals surface area contributed by atoms with Gasteiger partial charge in [-0.05, 0) is 36.1 Å². The molecule has 1 fully saturated rings. The van der Waals surface area contributed by atoms with Gasteiger partial charge >= 0.3 is 6.03 Å². The van der Waals surface area contributed by atoms with Gasteiger partial charge in [0.15, 0.2) is 0 Å². The lowest BCUT2D eigenvalue weighted by atomic mass is 10.3. The van der Waals surface area contributed by atoms with E-state index in [9.17, 15) is 9.59 Å². The van der Waals surface area contributed by atoms with Crippen molar-refractivity contribution in [3.8, 4) is 0 Å². The van der Waals surface area contributed by atoms with E-state index in [2.05, 4.69) is 11.4 Å². The minimum absolute atomic E-state index is 0.0660. The number of rotatable bonds is 3. The molecule has 6 nitrogen and oxygen atoms in total. The van der Waals surface area contributed by atoms with E-state index in [1.165, 1.54) is 0 Å². The van der Waals surface area contributed by atoms with Crippen LogP contribution in [-0.4, -0.2) is 47.9 Å². The van der Waals surface area contributed by atoms with Crippen molar-refractivity contribution in [2.75, 3.05) is 26.2 Å². The number of nitrogens with one attached hydrogen (secondary N) is 1. The maximum absolute atomic E-state index is 12.8. The fourth-order valence-electron chi connectivity index (χ4n) is 3.04. The second kappa shape index (κ2) is 7.51. The molecule has 3 amide bonds. The lowest BCUT2D eigenvalue weighted by molar-refractivity contribution is 0.0767. The first-order valence-corrected chi connectivity index (χ1v) is 10.2. The molecule has 0 bridgehead atoms. The van der Waals surface area contributed by atoms with Crippen LogP contribution in [0.25, 0.3) is 9.40 Å². The monoisotopic (exact) mass is 389 g/mol. The highest BCUT2D eigenvalue weighted by Gasteiger charge is 2.24. The molecule has 0 unspecified atom stereocenters. The van der Waals surface area contributed by atoms with E-state index in [-0.39, 0.29) is 11.9 Å². The molecule has 0 aromatic carbocycles. The summed E-state index contributed by atoms with van der Waals surface area (Å²) in [4.78, 5) is 29.5. The van der Waals surface area contributed by atoms with Crippen molar-refractivity contribution in [2.45, 2.75) is 13.0 Å². The number of hydrogen-bond acceptors (Lipinski definition) is 5. The predicted octanol–water partition coefficient (Wildman–Crippen LogP) is 3.61. The van der Waals surface area contributed by atoms with E-state index in [0.29, 0.717) is 32.7 Å². The lowest BCUT2D eigenvalue weighted by Gasteiger charge is -2.22. The Kier molecular flexibility index (Phi) is 4.94. The van der Waals surface area contributed by atoms with Gasteiger partial charge in [0.2, 0.25) is 0 Å². The van der Waals surface area contributed by atoms with Crippen LogP contribution in [0.4, 0.5) is 4.79 Å². The zero-order valence-corrected chi connectivity index (χ0v) is 15.8. The van der Waals surface area contributed by atoms with Gasteiger partial charge in [0, 0.05) is 35.6 Å². The van der Waals surface area contributed by atoms with Gasteiger partial charge in [0.25, 0.3) is 5.91 Å². The Hall–Kier alpha value is -2.32. The average Bonchev–Trinajstić information content (AvgIpc) is 3.33. The normalized spacial score (nSPS) is 15.2. The smallest absolute Gasteiger partial charge is 0.317 e. The summed E-state index contributed by atoms with van der Waals surface area (Å²) in [6, 6.07) is 7.54. The molecule has 4 rings (SSSR count). The lowest BCUT2D eigenvalue weighted by Crippen LogP contribution is -2.42. The Bertz CT molecular complexity index is 871. The summed E-state index contributed by atoms with van der Waals surface area (Å²) in [6.45, 7) is 2.78. The zero-order valence-electron chi connectivity index (χ0n) is 14.1. The van der Waals surface area contributed by atoms with Crippen LogP contribution in [0, 0.1) is 0 Å². The number of fused-ring (bicyclic) bond motifs is 1. The molecule has 0 spiro atoms. The molecule has 1 aliphatic heterocycles. The van der Waals surface area contributed by atoms with Crippen LogP contribution in [0.15, 0.2) is 40.3 Å². The summed E-state index contributed by atoms with van der Waals surface area (Å²) in [7, 11) is 0. The molecule has 0 aliphatic carbocycles. The summed E-state index contributed by atoms with van der Waals surface area (Å²) in [5, 5.41) is 4.91. The fourth-order valence-corrected chi connectivity index (χ4v) is 5.11. The molecule has 26 heavy (non-hydrogen) atoms. The van der Waals surface area contributed by atoms with Crippen LogP contribution < -0.4 is 5.32 Å². The van der Waals surface area contributed by atoms with E-state index >= 15 is 0 Å². The Morgan fingerprint density at radius 2 is 1.96 bits per heavy atom. The molecule has 0 atom stereocenters. The van der Waals surface area contributed by atoms with Gasteiger partial charge in [0.05, 0.1) is 17.7 Å². The third-order valence-corrected chi connectivity index (χ3v) is 6.50. The number of hydrogen-bond donors (Lipinski definition) is 1. The molecule has 8 heteroatoms. The molecular weight excluding hydrogens is 370 g/mol. The van der Waals surface area contributed by atoms with Crippen LogP contribution in [0.2, 0.25) is 0 Å². The molecule has 4 heterocycles. The van der Waals surface area contributed by atoms with Crippen molar-refractivity contribution in [3.63, 3.8) is 0 Å². The number of urea groups is 1. The van der Waals surface area contributed by atoms with Gasteiger partial charge < -0.3 is 19.5 Å².